The van der Waals surface area contributed by atoms with Gasteiger partial charge in [-0.2, -0.15) is 0 Å². The Hall–Kier alpha value is -5.97. The second-order valence-corrected chi connectivity index (χ2v) is 13.0. The number of rotatable bonds is 11. The molecule has 254 valence electrons. The summed E-state index contributed by atoms with van der Waals surface area (Å²) in [6, 6.07) is 2.09. The van der Waals surface area contributed by atoms with Crippen LogP contribution < -0.4 is 27.0 Å². The fourth-order valence-corrected chi connectivity index (χ4v) is 6.64. The van der Waals surface area contributed by atoms with Gasteiger partial charge in [0.1, 0.15) is 17.4 Å². The van der Waals surface area contributed by atoms with Gasteiger partial charge in [0.05, 0.1) is 41.2 Å². The quantitative estimate of drug-likeness (QED) is 0.214. The van der Waals surface area contributed by atoms with Crippen molar-refractivity contribution in [1.82, 2.24) is 35.6 Å². The maximum Gasteiger partial charge on any atom is 0.235 e. The number of nitrogens with zero attached hydrogens (tertiary/aromatic N) is 4. The molecule has 1 unspecified atom stereocenters. The number of allylic oxidation sites excluding steroid dienone is 6. The standard InChI is InChI=1S/C39H40FN9O/c1-21-17-44-38(46-21)29-11-10-28-13-26(14-29)9-12-32(28)47-24(4)33-16-34(49-22(2)18-45-39(49)48-33)25(5)42-19-27-7-6-8-31(40)30(15-27)20-43-36-35(41)23(3)37(36)50/h6-7,10-11,13-16,18,28,32,42-43,47H,1,3-5,8-9,12,17,19-20,41H2,2H3,(H,44,46)/t28?,32-/m0/s1. The van der Waals surface area contributed by atoms with Crippen LogP contribution in [0.4, 0.5) is 4.39 Å². The minimum absolute atomic E-state index is 0.125. The third-order valence-electron chi connectivity index (χ3n) is 9.48. The van der Waals surface area contributed by atoms with Crippen LogP contribution in [0.3, 0.4) is 0 Å². The van der Waals surface area contributed by atoms with Gasteiger partial charge in [0, 0.05) is 59.6 Å². The fourth-order valence-electron chi connectivity index (χ4n) is 6.64. The van der Waals surface area contributed by atoms with Crippen molar-refractivity contribution >= 4 is 28.8 Å². The lowest BCUT2D eigenvalue weighted by Gasteiger charge is -2.29. The first-order chi connectivity index (χ1) is 24.0. The van der Waals surface area contributed by atoms with Gasteiger partial charge in [-0.3, -0.25) is 14.2 Å². The topological polar surface area (TPSA) is 134 Å². The molecule has 10 nitrogen and oxygen atoms in total. The summed E-state index contributed by atoms with van der Waals surface area (Å²) in [4.78, 5) is 26.0. The van der Waals surface area contributed by atoms with Crippen molar-refractivity contribution in [1.29, 1.82) is 0 Å². The summed E-state index contributed by atoms with van der Waals surface area (Å²) < 4.78 is 16.9. The van der Waals surface area contributed by atoms with Crippen LogP contribution in [-0.2, 0) is 4.79 Å². The number of halogens is 1. The molecule has 2 bridgehead atoms. The van der Waals surface area contributed by atoms with Crippen molar-refractivity contribution in [2.45, 2.75) is 32.2 Å². The maximum absolute atomic E-state index is 14.9. The van der Waals surface area contributed by atoms with Gasteiger partial charge in [0.2, 0.25) is 11.6 Å². The zero-order valence-electron chi connectivity index (χ0n) is 28.1. The van der Waals surface area contributed by atoms with Crippen molar-refractivity contribution < 1.29 is 9.18 Å². The lowest BCUT2D eigenvalue weighted by Crippen LogP contribution is -2.36. The van der Waals surface area contributed by atoms with Gasteiger partial charge < -0.3 is 27.0 Å². The highest BCUT2D eigenvalue weighted by Gasteiger charge is 2.30. The first-order valence-electron chi connectivity index (χ1n) is 16.6. The van der Waals surface area contributed by atoms with Gasteiger partial charge in [-0.25, -0.2) is 14.4 Å². The van der Waals surface area contributed by atoms with Crippen molar-refractivity contribution in [3.63, 3.8) is 0 Å². The van der Waals surface area contributed by atoms with Crippen molar-refractivity contribution in [2.75, 3.05) is 19.6 Å². The van der Waals surface area contributed by atoms with Gasteiger partial charge >= 0.3 is 0 Å². The molecule has 1 aliphatic heterocycles. The molecule has 0 amide bonds. The van der Waals surface area contributed by atoms with Crippen LogP contribution in [0.1, 0.15) is 36.3 Å². The summed E-state index contributed by atoms with van der Waals surface area (Å²) in [5.74, 6) is 1.05. The predicted molar refractivity (Wildman–Crippen MR) is 197 cm³/mol. The Balaban J connectivity index is 1.05. The molecule has 11 heteroatoms. The van der Waals surface area contributed by atoms with E-state index >= 15 is 0 Å². The number of nitrogens with one attached hydrogen (secondary N) is 4. The van der Waals surface area contributed by atoms with E-state index in [1.54, 1.807) is 18.3 Å². The molecule has 0 saturated carbocycles. The Bertz CT molecular complexity index is 2150. The van der Waals surface area contributed by atoms with Crippen LogP contribution in [0.5, 0.6) is 0 Å². The van der Waals surface area contributed by atoms with E-state index in [1.165, 1.54) is 5.57 Å². The summed E-state index contributed by atoms with van der Waals surface area (Å²) in [6.45, 7) is 19.5. The molecule has 2 aromatic rings. The highest BCUT2D eigenvalue weighted by atomic mass is 19.1. The summed E-state index contributed by atoms with van der Waals surface area (Å²) >= 11 is 0. The zero-order valence-corrected chi connectivity index (χ0v) is 28.1. The number of Topliss-reactive ketones (excluding diaryl/α,β-unsaturated/α-hetero) is 1. The second kappa shape index (κ2) is 13.1. The normalized spacial score (nSPS) is 21.5. The monoisotopic (exact) mass is 669 g/mol. The summed E-state index contributed by atoms with van der Waals surface area (Å²) in [5, 5.41) is 13.3. The van der Waals surface area contributed by atoms with E-state index in [2.05, 4.69) is 81.9 Å². The number of fused-ring (bicyclic) bond motifs is 2. The van der Waals surface area contributed by atoms with E-state index in [9.17, 15) is 9.18 Å². The number of carbonyl (C=O) groups excluding carboxylic acids is 1. The molecule has 3 heterocycles. The number of nitrogens with two attached hydrogens (primary N) is 1. The minimum Gasteiger partial charge on any atom is -0.396 e. The van der Waals surface area contributed by atoms with Gasteiger partial charge in [0.15, 0.2) is 0 Å². The molecule has 0 fully saturated rings. The number of aromatic nitrogens is 3. The molecule has 5 aliphatic rings. The molecule has 6 N–H and O–H groups in total. The number of ketones is 1. The lowest BCUT2D eigenvalue weighted by atomic mass is 9.86. The summed E-state index contributed by atoms with van der Waals surface area (Å²) in [5.41, 5.74) is 15.0. The smallest absolute Gasteiger partial charge is 0.235 e. The average molecular weight is 670 g/mol. The Labute approximate surface area is 290 Å². The Morgan fingerprint density at radius 1 is 1.18 bits per heavy atom. The Kier molecular flexibility index (Phi) is 8.57. The van der Waals surface area contributed by atoms with Crippen LogP contribution in [0.15, 0.2) is 137 Å². The number of aliphatic imine (C=N–C) groups is 1. The van der Waals surface area contributed by atoms with E-state index < -0.39 is 0 Å². The largest absolute Gasteiger partial charge is 0.396 e. The molecule has 2 aromatic heterocycles. The maximum atomic E-state index is 14.9. The molecule has 0 saturated heterocycles. The average Bonchev–Trinajstić information content (AvgIpc) is 3.61. The number of imidazole rings is 1. The predicted octanol–water partition coefficient (Wildman–Crippen LogP) is 4.88. The Morgan fingerprint density at radius 3 is 2.80 bits per heavy atom. The SMILES string of the molecule is C=C1CN=C(C2=CC3=CC(C=C2)[C@@H](NC(=C)c2cc(C(=C)NCC4=CC(CNC5=C(N)C(=C)C5=O)=C(F)CC=C4)n4c(C)cnc4n2)CC3)N1. The zero-order chi connectivity index (χ0) is 35.1. The molecule has 4 aliphatic carbocycles. The number of aryl methyl sites for hydroxylation is 1. The number of amidine groups is 1. The van der Waals surface area contributed by atoms with Crippen molar-refractivity contribution in [3.05, 3.63) is 149 Å². The second-order valence-electron chi connectivity index (χ2n) is 13.0. The Morgan fingerprint density at radius 2 is 2.02 bits per heavy atom. The number of carbonyl (C=O) groups is 1. The number of hydrogen-bond acceptors (Lipinski definition) is 9. The molecular weight excluding hydrogens is 629 g/mol. The first-order valence-corrected chi connectivity index (χ1v) is 16.6. The molecule has 0 radical (unpaired) electrons. The van der Waals surface area contributed by atoms with Crippen LogP contribution in [-0.4, -0.2) is 51.7 Å². The molecule has 50 heavy (non-hydrogen) atoms. The van der Waals surface area contributed by atoms with E-state index in [0.717, 1.165) is 46.9 Å². The molecular formula is C39H40FN9O. The van der Waals surface area contributed by atoms with E-state index in [-0.39, 0.29) is 47.8 Å². The van der Waals surface area contributed by atoms with Crippen molar-refractivity contribution in [3.8, 4) is 0 Å². The van der Waals surface area contributed by atoms with Crippen LogP contribution in [0.25, 0.3) is 17.2 Å². The van der Waals surface area contributed by atoms with Gasteiger partial charge in [0.25, 0.3) is 0 Å². The molecule has 0 spiro atoms. The van der Waals surface area contributed by atoms with Gasteiger partial charge in [-0.15, -0.1) is 0 Å². The molecule has 0 aromatic carbocycles. The number of hydrogen-bond donors (Lipinski definition) is 5. The molecule has 7 rings (SSSR count). The van der Waals surface area contributed by atoms with Crippen LogP contribution >= 0.6 is 0 Å². The third-order valence-corrected chi connectivity index (χ3v) is 9.48. The van der Waals surface area contributed by atoms with E-state index in [1.807, 2.05) is 23.5 Å². The third kappa shape index (κ3) is 6.29. The highest BCUT2D eigenvalue weighted by Crippen LogP contribution is 2.31. The molecule has 2 atom stereocenters. The fraction of sp³-hybridized carbons (Fsp3) is 0.231. The van der Waals surface area contributed by atoms with Gasteiger partial charge in [-0.1, -0.05) is 62.3 Å². The van der Waals surface area contributed by atoms with E-state index in [0.29, 0.717) is 47.2 Å². The lowest BCUT2D eigenvalue weighted by molar-refractivity contribution is -0.113. The summed E-state index contributed by atoms with van der Waals surface area (Å²) in [7, 11) is 0. The first kappa shape index (κ1) is 32.6. The van der Waals surface area contributed by atoms with Crippen LogP contribution in [0.2, 0.25) is 0 Å². The minimum atomic E-state index is -0.278. The van der Waals surface area contributed by atoms with Crippen LogP contribution in [0, 0.1) is 12.8 Å². The van der Waals surface area contributed by atoms with Gasteiger partial charge in [-0.05, 0) is 43.6 Å². The van der Waals surface area contributed by atoms with Crippen molar-refractivity contribution in [2.24, 2.45) is 16.6 Å². The van der Waals surface area contributed by atoms with E-state index in [4.69, 9.17) is 10.7 Å². The highest BCUT2D eigenvalue weighted by molar-refractivity contribution is 6.18. The summed E-state index contributed by atoms with van der Waals surface area (Å²) in [6.07, 6.45) is 18.1.